The van der Waals surface area contributed by atoms with E-state index < -0.39 is 6.04 Å². The molecule has 5 heteroatoms. The molecule has 1 amide bonds. The van der Waals surface area contributed by atoms with Gasteiger partial charge in [-0.2, -0.15) is 0 Å². The lowest BCUT2D eigenvalue weighted by molar-refractivity contribution is -0.131. The third-order valence-corrected chi connectivity index (χ3v) is 3.17. The summed E-state index contributed by atoms with van der Waals surface area (Å²) in [4.78, 5) is 13.3. The monoisotopic (exact) mass is 314 g/mol. The lowest BCUT2D eigenvalue weighted by Gasteiger charge is -2.20. The van der Waals surface area contributed by atoms with E-state index in [9.17, 15) is 4.79 Å². The molecule has 0 spiro atoms. The van der Waals surface area contributed by atoms with Gasteiger partial charge in [0.05, 0.1) is 12.6 Å². The van der Waals surface area contributed by atoms with Gasteiger partial charge in [0.1, 0.15) is 12.4 Å². The summed E-state index contributed by atoms with van der Waals surface area (Å²) in [6.07, 6.45) is 0.650. The highest BCUT2D eigenvalue weighted by Gasteiger charge is 2.15. The van der Waals surface area contributed by atoms with Gasteiger partial charge in [-0.05, 0) is 30.7 Å². The van der Waals surface area contributed by atoms with Gasteiger partial charge in [-0.15, -0.1) is 0 Å². The van der Waals surface area contributed by atoms with E-state index >= 15 is 0 Å². The quantitative estimate of drug-likeness (QED) is 0.874. The van der Waals surface area contributed by atoms with Crippen LogP contribution in [0.25, 0.3) is 0 Å². The van der Waals surface area contributed by atoms with Gasteiger partial charge in [-0.1, -0.05) is 22.9 Å². The molecule has 0 aliphatic carbocycles. The van der Waals surface area contributed by atoms with E-state index in [0.717, 1.165) is 10.2 Å². The molecule has 4 nitrogen and oxygen atoms in total. The number of hydrogen-bond donors (Lipinski definition) is 1. The minimum atomic E-state index is -0.414. The highest BCUT2D eigenvalue weighted by atomic mass is 79.9. The molecule has 1 rings (SSSR count). The Hall–Kier alpha value is -1.07. The van der Waals surface area contributed by atoms with Gasteiger partial charge < -0.3 is 15.4 Å². The largest absolute Gasteiger partial charge is 0.492 e. The highest BCUT2D eigenvalue weighted by molar-refractivity contribution is 9.10. The zero-order valence-corrected chi connectivity index (χ0v) is 12.3. The fourth-order valence-electron chi connectivity index (χ4n) is 1.40. The van der Waals surface area contributed by atoms with Crippen molar-refractivity contribution >= 4 is 21.8 Å². The fraction of sp³-hybridized carbons (Fsp3) is 0.462. The van der Waals surface area contributed by atoms with Crippen molar-refractivity contribution in [2.24, 2.45) is 5.73 Å². The van der Waals surface area contributed by atoms with Crippen molar-refractivity contribution in [3.8, 4) is 5.75 Å². The van der Waals surface area contributed by atoms with E-state index in [4.69, 9.17) is 10.5 Å². The number of carbonyl (C=O) groups is 1. The Morgan fingerprint density at radius 3 is 2.61 bits per heavy atom. The number of nitrogens with two attached hydrogens (primary N) is 1. The average molecular weight is 315 g/mol. The summed E-state index contributed by atoms with van der Waals surface area (Å²) in [5.74, 6) is 0.746. The predicted octanol–water partition coefficient (Wildman–Crippen LogP) is 2.02. The van der Waals surface area contributed by atoms with E-state index in [-0.39, 0.29) is 5.91 Å². The molecule has 0 radical (unpaired) electrons. The van der Waals surface area contributed by atoms with Crippen molar-refractivity contribution in [2.75, 3.05) is 20.2 Å². The Morgan fingerprint density at radius 2 is 2.06 bits per heavy atom. The van der Waals surface area contributed by atoms with Crippen molar-refractivity contribution in [3.63, 3.8) is 0 Å². The zero-order chi connectivity index (χ0) is 13.5. The molecule has 0 fully saturated rings. The molecule has 0 saturated heterocycles. The molecule has 1 aromatic carbocycles. The van der Waals surface area contributed by atoms with Crippen LogP contribution in [0.4, 0.5) is 0 Å². The molecular formula is C13H19BrN2O2. The van der Waals surface area contributed by atoms with Gasteiger partial charge in [-0.25, -0.2) is 0 Å². The number of hydrogen-bond acceptors (Lipinski definition) is 3. The molecule has 0 aliphatic heterocycles. The Morgan fingerprint density at radius 1 is 1.44 bits per heavy atom. The van der Waals surface area contributed by atoms with Crippen LogP contribution in [-0.2, 0) is 4.79 Å². The normalized spacial score (nSPS) is 12.0. The van der Waals surface area contributed by atoms with Gasteiger partial charge in [0.15, 0.2) is 0 Å². The summed E-state index contributed by atoms with van der Waals surface area (Å²) < 4.78 is 6.55. The first-order chi connectivity index (χ1) is 8.54. The van der Waals surface area contributed by atoms with Crippen molar-refractivity contribution in [3.05, 3.63) is 28.7 Å². The van der Waals surface area contributed by atoms with Crippen LogP contribution in [0.1, 0.15) is 13.3 Å². The van der Waals surface area contributed by atoms with Crippen LogP contribution >= 0.6 is 15.9 Å². The number of benzene rings is 1. The van der Waals surface area contributed by atoms with Gasteiger partial charge in [0.2, 0.25) is 5.91 Å². The molecule has 0 saturated carbocycles. The summed E-state index contributed by atoms with van der Waals surface area (Å²) >= 11 is 3.36. The van der Waals surface area contributed by atoms with E-state index in [1.165, 1.54) is 0 Å². The third-order valence-electron chi connectivity index (χ3n) is 2.64. The van der Waals surface area contributed by atoms with Gasteiger partial charge in [-0.3, -0.25) is 4.79 Å². The van der Waals surface area contributed by atoms with Crippen LogP contribution in [-0.4, -0.2) is 37.0 Å². The number of rotatable bonds is 6. The van der Waals surface area contributed by atoms with Gasteiger partial charge in [0.25, 0.3) is 0 Å². The molecule has 100 valence electrons. The second-order valence-corrected chi connectivity index (χ2v) is 4.99. The molecule has 18 heavy (non-hydrogen) atoms. The summed E-state index contributed by atoms with van der Waals surface area (Å²) in [5.41, 5.74) is 5.68. The summed E-state index contributed by atoms with van der Waals surface area (Å²) in [6, 6.07) is 7.17. The maximum Gasteiger partial charge on any atom is 0.239 e. The second kappa shape index (κ2) is 7.38. The molecular weight excluding hydrogens is 296 g/mol. The van der Waals surface area contributed by atoms with E-state index in [2.05, 4.69) is 15.9 Å². The van der Waals surface area contributed by atoms with Crippen LogP contribution in [0.3, 0.4) is 0 Å². The van der Waals surface area contributed by atoms with Crippen molar-refractivity contribution < 1.29 is 9.53 Å². The lowest BCUT2D eigenvalue weighted by atomic mass is 10.2. The molecule has 0 aromatic heterocycles. The van der Waals surface area contributed by atoms with Gasteiger partial charge in [0, 0.05) is 11.5 Å². The number of carbonyl (C=O) groups excluding carboxylic acids is 1. The minimum absolute atomic E-state index is 0.0445. The summed E-state index contributed by atoms with van der Waals surface area (Å²) in [5, 5.41) is 0. The Labute approximate surface area is 116 Å². The molecule has 0 bridgehead atoms. The standard InChI is InChI=1S/C13H19BrN2O2/c1-3-12(15)13(17)16(2)8-9-18-11-6-4-10(14)5-7-11/h4-7,12H,3,8-9,15H2,1-2H3. The number of ether oxygens (including phenoxy) is 1. The first kappa shape index (κ1) is 15.0. The summed E-state index contributed by atoms with van der Waals surface area (Å²) in [6.45, 7) is 2.89. The number of halogens is 1. The van der Waals surface area contributed by atoms with Gasteiger partial charge >= 0.3 is 0 Å². The molecule has 0 aliphatic rings. The molecule has 1 unspecified atom stereocenters. The van der Waals surface area contributed by atoms with Crippen LogP contribution < -0.4 is 10.5 Å². The summed E-state index contributed by atoms with van der Waals surface area (Å²) in [7, 11) is 1.74. The second-order valence-electron chi connectivity index (χ2n) is 4.08. The fourth-order valence-corrected chi connectivity index (χ4v) is 1.66. The van der Waals surface area contributed by atoms with Crippen LogP contribution in [0.5, 0.6) is 5.75 Å². The smallest absolute Gasteiger partial charge is 0.239 e. The Bertz CT molecular complexity index is 381. The topological polar surface area (TPSA) is 55.6 Å². The lowest BCUT2D eigenvalue weighted by Crippen LogP contribution is -2.42. The zero-order valence-electron chi connectivity index (χ0n) is 10.7. The Kier molecular flexibility index (Phi) is 6.15. The maximum absolute atomic E-state index is 11.7. The number of nitrogens with zero attached hydrogens (tertiary/aromatic N) is 1. The van der Waals surface area contributed by atoms with E-state index in [1.54, 1.807) is 11.9 Å². The van der Waals surface area contributed by atoms with Crippen molar-refractivity contribution in [1.29, 1.82) is 0 Å². The first-order valence-electron chi connectivity index (χ1n) is 5.93. The first-order valence-corrected chi connectivity index (χ1v) is 6.72. The van der Waals surface area contributed by atoms with Crippen LogP contribution in [0.15, 0.2) is 28.7 Å². The maximum atomic E-state index is 11.7. The van der Waals surface area contributed by atoms with E-state index in [1.807, 2.05) is 31.2 Å². The van der Waals surface area contributed by atoms with E-state index in [0.29, 0.717) is 19.6 Å². The number of amides is 1. The molecule has 0 heterocycles. The van der Waals surface area contributed by atoms with Crippen molar-refractivity contribution in [2.45, 2.75) is 19.4 Å². The SMILES string of the molecule is CCC(N)C(=O)N(C)CCOc1ccc(Br)cc1. The van der Waals surface area contributed by atoms with Crippen molar-refractivity contribution in [1.82, 2.24) is 4.90 Å². The Balaban J connectivity index is 2.33. The minimum Gasteiger partial charge on any atom is -0.492 e. The molecule has 1 atom stereocenters. The predicted molar refractivity (Wildman–Crippen MR) is 75.5 cm³/mol. The molecule has 1 aromatic rings. The highest BCUT2D eigenvalue weighted by Crippen LogP contribution is 2.15. The molecule has 2 N–H and O–H groups in total. The average Bonchev–Trinajstić information content (AvgIpc) is 2.39. The van der Waals surface area contributed by atoms with Crippen LogP contribution in [0, 0.1) is 0 Å². The van der Waals surface area contributed by atoms with Crippen LogP contribution in [0.2, 0.25) is 0 Å². The third kappa shape index (κ3) is 4.66. The number of likely N-dealkylation sites (N-methyl/N-ethyl adjacent to an activating group) is 1.